The van der Waals surface area contributed by atoms with Gasteiger partial charge in [-0.2, -0.15) is 0 Å². The molecule has 5 nitrogen and oxygen atoms in total. The van der Waals surface area contributed by atoms with Gasteiger partial charge in [-0.05, 0) is 39.7 Å². The second-order valence-corrected chi connectivity index (χ2v) is 6.27. The van der Waals surface area contributed by atoms with Crippen LogP contribution in [0.1, 0.15) is 46.0 Å². The Kier molecular flexibility index (Phi) is 5.40. The highest BCUT2D eigenvalue weighted by Crippen LogP contribution is 2.18. The zero-order chi connectivity index (χ0) is 14.5. The number of carbonyl (C=O) groups excluding carboxylic acids is 2. The molecule has 2 heterocycles. The van der Waals surface area contributed by atoms with Crippen LogP contribution in [0.2, 0.25) is 0 Å². The number of piperidine rings is 2. The molecule has 0 bridgehead atoms. The van der Waals surface area contributed by atoms with Gasteiger partial charge in [0.05, 0.1) is 5.92 Å². The van der Waals surface area contributed by atoms with Crippen LogP contribution >= 0.6 is 0 Å². The van der Waals surface area contributed by atoms with Crippen LogP contribution in [0.15, 0.2) is 0 Å². The number of amides is 2. The summed E-state index contributed by atoms with van der Waals surface area (Å²) < 4.78 is 0. The average molecular weight is 281 g/mol. The minimum atomic E-state index is -0.0429. The monoisotopic (exact) mass is 281 g/mol. The van der Waals surface area contributed by atoms with E-state index in [-0.39, 0.29) is 23.8 Å². The van der Waals surface area contributed by atoms with Crippen molar-refractivity contribution in [3.8, 4) is 0 Å². The summed E-state index contributed by atoms with van der Waals surface area (Å²) in [4.78, 5) is 25.9. The summed E-state index contributed by atoms with van der Waals surface area (Å²) in [5.41, 5.74) is 0. The van der Waals surface area contributed by atoms with Crippen molar-refractivity contribution < 1.29 is 9.59 Å². The van der Waals surface area contributed by atoms with Gasteiger partial charge in [0, 0.05) is 31.6 Å². The molecule has 2 saturated heterocycles. The molecule has 2 amide bonds. The van der Waals surface area contributed by atoms with E-state index in [1.807, 2.05) is 4.90 Å². The lowest BCUT2D eigenvalue weighted by atomic mass is 9.96. The van der Waals surface area contributed by atoms with Crippen molar-refractivity contribution in [1.29, 1.82) is 0 Å². The van der Waals surface area contributed by atoms with Gasteiger partial charge < -0.3 is 15.5 Å². The molecule has 0 aliphatic carbocycles. The Hall–Kier alpha value is -1.10. The first kappa shape index (κ1) is 15.3. The zero-order valence-electron chi connectivity index (χ0n) is 12.7. The molecule has 0 aromatic carbocycles. The van der Waals surface area contributed by atoms with Crippen molar-refractivity contribution in [1.82, 2.24) is 15.5 Å². The summed E-state index contributed by atoms with van der Waals surface area (Å²) in [7, 11) is 0. The van der Waals surface area contributed by atoms with Gasteiger partial charge >= 0.3 is 0 Å². The van der Waals surface area contributed by atoms with Crippen LogP contribution in [0, 0.1) is 5.92 Å². The zero-order valence-corrected chi connectivity index (χ0v) is 12.7. The maximum absolute atomic E-state index is 12.7. The van der Waals surface area contributed by atoms with E-state index in [4.69, 9.17) is 0 Å². The Morgan fingerprint density at radius 1 is 1.35 bits per heavy atom. The van der Waals surface area contributed by atoms with Crippen molar-refractivity contribution in [2.75, 3.05) is 19.6 Å². The predicted octanol–water partition coefficient (Wildman–Crippen LogP) is 0.892. The van der Waals surface area contributed by atoms with E-state index < -0.39 is 0 Å². The van der Waals surface area contributed by atoms with Crippen LogP contribution < -0.4 is 10.6 Å². The molecule has 2 fully saturated rings. The standard InChI is InChI=1S/C15H27N3O2/c1-11(2)18(10-13-5-3-4-8-16-13)15(20)12-6-7-14(19)17-9-12/h11-13,16H,3-10H2,1-2H3,(H,17,19). The minimum Gasteiger partial charge on any atom is -0.355 e. The highest BCUT2D eigenvalue weighted by atomic mass is 16.2. The first-order valence-electron chi connectivity index (χ1n) is 7.88. The number of nitrogens with one attached hydrogen (secondary N) is 2. The fourth-order valence-electron chi connectivity index (χ4n) is 3.05. The highest BCUT2D eigenvalue weighted by Gasteiger charge is 2.31. The Morgan fingerprint density at radius 2 is 2.15 bits per heavy atom. The summed E-state index contributed by atoms with van der Waals surface area (Å²) in [5.74, 6) is 0.227. The fraction of sp³-hybridized carbons (Fsp3) is 0.867. The summed E-state index contributed by atoms with van der Waals surface area (Å²) in [5, 5.41) is 6.31. The normalized spacial score (nSPS) is 27.2. The minimum absolute atomic E-state index is 0.0429. The molecule has 114 valence electrons. The smallest absolute Gasteiger partial charge is 0.227 e. The number of nitrogens with zero attached hydrogens (tertiary/aromatic N) is 1. The Morgan fingerprint density at radius 3 is 2.70 bits per heavy atom. The van der Waals surface area contributed by atoms with Crippen molar-refractivity contribution >= 4 is 11.8 Å². The Balaban J connectivity index is 1.92. The van der Waals surface area contributed by atoms with E-state index in [1.54, 1.807) is 0 Å². The molecule has 2 N–H and O–H groups in total. The van der Waals surface area contributed by atoms with Gasteiger partial charge in [0.25, 0.3) is 0 Å². The van der Waals surface area contributed by atoms with Crippen LogP contribution in [0.3, 0.4) is 0 Å². The summed E-state index contributed by atoms with van der Waals surface area (Å²) >= 11 is 0. The van der Waals surface area contributed by atoms with Gasteiger partial charge in [0.2, 0.25) is 11.8 Å². The molecule has 0 aromatic heterocycles. The van der Waals surface area contributed by atoms with Crippen LogP contribution in [-0.2, 0) is 9.59 Å². The third-order valence-electron chi connectivity index (χ3n) is 4.35. The third kappa shape index (κ3) is 3.95. The molecule has 0 saturated carbocycles. The first-order chi connectivity index (χ1) is 9.58. The van der Waals surface area contributed by atoms with E-state index in [0.717, 1.165) is 19.5 Å². The van der Waals surface area contributed by atoms with E-state index in [2.05, 4.69) is 24.5 Å². The van der Waals surface area contributed by atoms with Gasteiger partial charge in [-0.3, -0.25) is 9.59 Å². The van der Waals surface area contributed by atoms with Crippen LogP contribution in [0.5, 0.6) is 0 Å². The molecule has 2 aliphatic heterocycles. The lowest BCUT2D eigenvalue weighted by molar-refractivity contribution is -0.139. The summed E-state index contributed by atoms with van der Waals surface area (Å²) in [6, 6.07) is 0.636. The van der Waals surface area contributed by atoms with Crippen molar-refractivity contribution in [2.45, 2.75) is 58.0 Å². The van der Waals surface area contributed by atoms with Crippen molar-refractivity contribution in [3.05, 3.63) is 0 Å². The quantitative estimate of drug-likeness (QED) is 0.804. The number of hydrogen-bond donors (Lipinski definition) is 2. The molecule has 2 rings (SSSR count). The maximum Gasteiger partial charge on any atom is 0.227 e. The Labute approximate surface area is 121 Å². The van der Waals surface area contributed by atoms with Gasteiger partial charge in [-0.25, -0.2) is 0 Å². The molecule has 0 spiro atoms. The average Bonchev–Trinajstić information content (AvgIpc) is 2.45. The van der Waals surface area contributed by atoms with Gasteiger partial charge in [0.15, 0.2) is 0 Å². The topological polar surface area (TPSA) is 61.4 Å². The molecule has 2 atom stereocenters. The van der Waals surface area contributed by atoms with Crippen molar-refractivity contribution in [2.24, 2.45) is 5.92 Å². The van der Waals surface area contributed by atoms with E-state index in [0.29, 0.717) is 25.4 Å². The van der Waals surface area contributed by atoms with E-state index >= 15 is 0 Å². The summed E-state index contributed by atoms with van der Waals surface area (Å²) in [6.45, 7) is 6.49. The number of hydrogen-bond acceptors (Lipinski definition) is 3. The van der Waals surface area contributed by atoms with Crippen LogP contribution in [0.4, 0.5) is 0 Å². The van der Waals surface area contributed by atoms with Gasteiger partial charge in [-0.15, -0.1) is 0 Å². The van der Waals surface area contributed by atoms with Crippen LogP contribution in [-0.4, -0.2) is 48.4 Å². The molecule has 2 aliphatic rings. The lowest BCUT2D eigenvalue weighted by Crippen LogP contribution is -2.52. The molecule has 0 radical (unpaired) electrons. The third-order valence-corrected chi connectivity index (χ3v) is 4.35. The fourth-order valence-corrected chi connectivity index (χ4v) is 3.05. The SMILES string of the molecule is CC(C)N(CC1CCCCN1)C(=O)C1CCC(=O)NC1. The molecule has 20 heavy (non-hydrogen) atoms. The summed E-state index contributed by atoms with van der Waals surface area (Å²) in [6.07, 6.45) is 4.80. The number of rotatable bonds is 4. The molecule has 5 heteroatoms. The van der Waals surface area contributed by atoms with Gasteiger partial charge in [0.1, 0.15) is 0 Å². The molecule has 2 unspecified atom stereocenters. The molecular weight excluding hydrogens is 254 g/mol. The molecule has 0 aromatic rings. The second kappa shape index (κ2) is 7.07. The van der Waals surface area contributed by atoms with E-state index in [9.17, 15) is 9.59 Å². The largest absolute Gasteiger partial charge is 0.355 e. The highest BCUT2D eigenvalue weighted by molar-refractivity contribution is 5.84. The number of carbonyl (C=O) groups is 2. The molecular formula is C15H27N3O2. The van der Waals surface area contributed by atoms with Crippen molar-refractivity contribution in [3.63, 3.8) is 0 Å². The van der Waals surface area contributed by atoms with Crippen LogP contribution in [0.25, 0.3) is 0 Å². The van der Waals surface area contributed by atoms with Gasteiger partial charge in [-0.1, -0.05) is 6.42 Å². The maximum atomic E-state index is 12.7. The van der Waals surface area contributed by atoms with E-state index in [1.165, 1.54) is 12.8 Å². The lowest BCUT2D eigenvalue weighted by Gasteiger charge is -2.36. The first-order valence-corrected chi connectivity index (χ1v) is 7.88. The predicted molar refractivity (Wildman–Crippen MR) is 78.2 cm³/mol. The Bertz CT molecular complexity index is 341. The second-order valence-electron chi connectivity index (χ2n) is 6.27.